The molecule has 0 radical (unpaired) electrons. The predicted octanol–water partition coefficient (Wildman–Crippen LogP) is 2.72. The van der Waals surface area contributed by atoms with E-state index in [0.29, 0.717) is 19.4 Å². The molecule has 17 heavy (non-hydrogen) atoms. The highest BCUT2D eigenvalue weighted by atomic mass is 35.5. The van der Waals surface area contributed by atoms with E-state index in [-0.39, 0.29) is 19.0 Å². The summed E-state index contributed by atoms with van der Waals surface area (Å²) in [5.41, 5.74) is -0.0277. The Morgan fingerprint density at radius 2 is 1.82 bits per heavy atom. The number of hydrogen-bond acceptors (Lipinski definition) is 2. The van der Waals surface area contributed by atoms with Gasteiger partial charge in [0.05, 0.1) is 13.2 Å². The van der Waals surface area contributed by atoms with Gasteiger partial charge < -0.3 is 10.1 Å². The maximum absolute atomic E-state index is 14.1. The predicted molar refractivity (Wildman–Crippen MR) is 69.3 cm³/mol. The Kier molecular flexibility index (Phi) is 5.89. The number of ether oxygens (including phenoxy) is 1. The summed E-state index contributed by atoms with van der Waals surface area (Å²) in [5, 5.41) is 3.15. The van der Waals surface area contributed by atoms with Crippen LogP contribution in [0, 0.1) is 0 Å². The molecule has 1 heterocycles. The SMILES string of the molecule is Cl.FC1(COCc2ccccc2)CCNCC1. The van der Waals surface area contributed by atoms with Crippen LogP contribution in [0.1, 0.15) is 18.4 Å². The van der Waals surface area contributed by atoms with E-state index in [1.165, 1.54) is 0 Å². The van der Waals surface area contributed by atoms with Gasteiger partial charge in [-0.3, -0.25) is 0 Å². The minimum Gasteiger partial charge on any atom is -0.373 e. The van der Waals surface area contributed by atoms with Gasteiger partial charge in [0.25, 0.3) is 0 Å². The lowest BCUT2D eigenvalue weighted by molar-refractivity contribution is -0.0107. The summed E-state index contributed by atoms with van der Waals surface area (Å²) in [6.45, 7) is 2.22. The topological polar surface area (TPSA) is 21.3 Å². The van der Waals surface area contributed by atoms with Gasteiger partial charge in [-0.25, -0.2) is 4.39 Å². The normalized spacial score (nSPS) is 18.4. The number of nitrogens with one attached hydrogen (secondary N) is 1. The summed E-state index contributed by atoms with van der Waals surface area (Å²) >= 11 is 0. The van der Waals surface area contributed by atoms with Gasteiger partial charge in [-0.2, -0.15) is 0 Å². The number of piperidine rings is 1. The van der Waals surface area contributed by atoms with E-state index in [1.807, 2.05) is 30.3 Å². The van der Waals surface area contributed by atoms with Crippen molar-refractivity contribution in [3.63, 3.8) is 0 Å². The average Bonchev–Trinajstić information content (AvgIpc) is 2.31. The van der Waals surface area contributed by atoms with Gasteiger partial charge in [-0.1, -0.05) is 30.3 Å². The van der Waals surface area contributed by atoms with Gasteiger partial charge in [0.15, 0.2) is 0 Å². The zero-order chi connectivity index (χ0) is 11.3. The van der Waals surface area contributed by atoms with Crippen molar-refractivity contribution in [2.24, 2.45) is 0 Å². The van der Waals surface area contributed by atoms with Crippen LogP contribution in [0.15, 0.2) is 30.3 Å². The Labute approximate surface area is 108 Å². The van der Waals surface area contributed by atoms with Gasteiger partial charge in [-0.15, -0.1) is 12.4 Å². The van der Waals surface area contributed by atoms with Gasteiger partial charge in [0, 0.05) is 0 Å². The van der Waals surface area contributed by atoms with Crippen molar-refractivity contribution < 1.29 is 9.13 Å². The number of halogens is 2. The lowest BCUT2D eigenvalue weighted by Crippen LogP contribution is -2.41. The van der Waals surface area contributed by atoms with Crippen molar-refractivity contribution in [2.45, 2.75) is 25.1 Å². The first-order valence-corrected chi connectivity index (χ1v) is 5.80. The summed E-state index contributed by atoms with van der Waals surface area (Å²) < 4.78 is 19.6. The molecule has 1 fully saturated rings. The molecule has 0 aliphatic carbocycles. The fraction of sp³-hybridized carbons (Fsp3) is 0.538. The first-order valence-electron chi connectivity index (χ1n) is 5.80. The van der Waals surface area contributed by atoms with E-state index in [4.69, 9.17) is 4.74 Å². The molecule has 2 nitrogen and oxygen atoms in total. The van der Waals surface area contributed by atoms with Crippen LogP contribution in [0.25, 0.3) is 0 Å². The highest BCUT2D eigenvalue weighted by Crippen LogP contribution is 2.23. The molecule has 4 heteroatoms. The molecule has 1 aliphatic heterocycles. The van der Waals surface area contributed by atoms with Crippen LogP contribution in [-0.2, 0) is 11.3 Å². The average molecular weight is 260 g/mol. The summed E-state index contributed by atoms with van der Waals surface area (Å²) in [7, 11) is 0. The van der Waals surface area contributed by atoms with Crippen molar-refractivity contribution in [1.82, 2.24) is 5.32 Å². The third-order valence-corrected chi connectivity index (χ3v) is 2.97. The second kappa shape index (κ2) is 6.94. The zero-order valence-corrected chi connectivity index (χ0v) is 10.6. The molecule has 0 unspecified atom stereocenters. The molecule has 1 N–H and O–H groups in total. The summed E-state index contributed by atoms with van der Waals surface area (Å²) in [6.07, 6.45) is 1.11. The van der Waals surface area contributed by atoms with Crippen LogP contribution in [0.5, 0.6) is 0 Å². The van der Waals surface area contributed by atoms with Crippen molar-refractivity contribution in [2.75, 3.05) is 19.7 Å². The Bertz CT molecular complexity index is 314. The van der Waals surface area contributed by atoms with Crippen molar-refractivity contribution in [3.8, 4) is 0 Å². The molecule has 0 spiro atoms. The van der Waals surface area contributed by atoms with Gasteiger partial charge in [-0.05, 0) is 31.5 Å². The van der Waals surface area contributed by atoms with Crippen LogP contribution in [-0.4, -0.2) is 25.4 Å². The second-order valence-electron chi connectivity index (χ2n) is 4.38. The lowest BCUT2D eigenvalue weighted by atomic mass is 9.96. The maximum atomic E-state index is 14.1. The van der Waals surface area contributed by atoms with E-state index in [0.717, 1.165) is 18.7 Å². The summed E-state index contributed by atoms with van der Waals surface area (Å²) in [6, 6.07) is 9.89. The number of rotatable bonds is 4. The lowest BCUT2D eigenvalue weighted by Gasteiger charge is -2.29. The molecule has 0 aromatic heterocycles. The molecule has 1 aliphatic rings. The molecule has 0 atom stereocenters. The minimum atomic E-state index is -1.12. The largest absolute Gasteiger partial charge is 0.373 e. The highest BCUT2D eigenvalue weighted by Gasteiger charge is 2.31. The summed E-state index contributed by atoms with van der Waals surface area (Å²) in [5.74, 6) is 0. The Hall–Kier alpha value is -0.640. The van der Waals surface area contributed by atoms with E-state index >= 15 is 0 Å². The van der Waals surface area contributed by atoms with Crippen LogP contribution in [0.4, 0.5) is 4.39 Å². The molecule has 1 saturated heterocycles. The molecule has 0 bridgehead atoms. The van der Waals surface area contributed by atoms with Crippen molar-refractivity contribution in [3.05, 3.63) is 35.9 Å². The number of alkyl halides is 1. The minimum absolute atomic E-state index is 0. The third-order valence-electron chi connectivity index (χ3n) is 2.97. The fourth-order valence-corrected chi connectivity index (χ4v) is 1.95. The van der Waals surface area contributed by atoms with Gasteiger partial charge in [0.2, 0.25) is 0 Å². The van der Waals surface area contributed by atoms with E-state index < -0.39 is 5.67 Å². The first kappa shape index (κ1) is 14.4. The highest BCUT2D eigenvalue weighted by molar-refractivity contribution is 5.85. The summed E-state index contributed by atoms with van der Waals surface area (Å²) in [4.78, 5) is 0. The van der Waals surface area contributed by atoms with E-state index in [1.54, 1.807) is 0 Å². The van der Waals surface area contributed by atoms with E-state index in [9.17, 15) is 4.39 Å². The third kappa shape index (κ3) is 4.62. The molecule has 0 saturated carbocycles. The number of hydrogen-bond donors (Lipinski definition) is 1. The van der Waals surface area contributed by atoms with Crippen LogP contribution in [0.3, 0.4) is 0 Å². The molecule has 1 aromatic carbocycles. The Morgan fingerprint density at radius 3 is 2.47 bits per heavy atom. The zero-order valence-electron chi connectivity index (χ0n) is 9.82. The van der Waals surface area contributed by atoms with Crippen molar-refractivity contribution >= 4 is 12.4 Å². The molecule has 0 amide bonds. The Balaban J connectivity index is 0.00000144. The van der Waals surface area contributed by atoms with Gasteiger partial charge >= 0.3 is 0 Å². The maximum Gasteiger partial charge on any atom is 0.136 e. The smallest absolute Gasteiger partial charge is 0.136 e. The molecular weight excluding hydrogens is 241 g/mol. The monoisotopic (exact) mass is 259 g/mol. The van der Waals surface area contributed by atoms with Crippen LogP contribution >= 0.6 is 12.4 Å². The molecule has 1 aromatic rings. The molecular formula is C13H19ClFNO. The second-order valence-corrected chi connectivity index (χ2v) is 4.38. The van der Waals surface area contributed by atoms with Crippen LogP contribution in [0.2, 0.25) is 0 Å². The molecule has 96 valence electrons. The quantitative estimate of drug-likeness (QED) is 0.898. The van der Waals surface area contributed by atoms with Crippen molar-refractivity contribution in [1.29, 1.82) is 0 Å². The Morgan fingerprint density at radius 1 is 1.18 bits per heavy atom. The van der Waals surface area contributed by atoms with Gasteiger partial charge in [0.1, 0.15) is 5.67 Å². The van der Waals surface area contributed by atoms with Crippen LogP contribution < -0.4 is 5.32 Å². The number of benzene rings is 1. The molecule has 2 rings (SSSR count). The fourth-order valence-electron chi connectivity index (χ4n) is 1.95. The van der Waals surface area contributed by atoms with E-state index in [2.05, 4.69) is 5.32 Å². The first-order chi connectivity index (χ1) is 7.79. The standard InChI is InChI=1S/C13H18FNO.ClH/c14-13(6-8-15-9-7-13)11-16-10-12-4-2-1-3-5-12;/h1-5,15H,6-11H2;1H.